The molecule has 3 aliphatic heterocycles. The number of halogens is 7. The van der Waals surface area contributed by atoms with E-state index in [2.05, 4.69) is 14.4 Å². The number of carboxylic acid groups (broad SMARTS) is 1. The van der Waals surface area contributed by atoms with Gasteiger partial charge in [-0.1, -0.05) is 59.6 Å². The van der Waals surface area contributed by atoms with Gasteiger partial charge in [-0.25, -0.2) is 9.18 Å². The van der Waals surface area contributed by atoms with Gasteiger partial charge in [-0.2, -0.15) is 17.6 Å². The molecular weight excluding hydrogens is 764 g/mol. The van der Waals surface area contributed by atoms with Crippen LogP contribution < -0.4 is 24.2 Å². The van der Waals surface area contributed by atoms with Gasteiger partial charge in [0.2, 0.25) is 12.4 Å². The van der Waals surface area contributed by atoms with Gasteiger partial charge in [0.15, 0.2) is 11.5 Å². The van der Waals surface area contributed by atoms with Crippen LogP contribution >= 0.6 is 23.2 Å². The zero-order chi connectivity index (χ0) is 38.7. The van der Waals surface area contributed by atoms with Crippen molar-refractivity contribution in [3.63, 3.8) is 0 Å². The molecule has 286 valence electrons. The molecule has 1 aromatic heterocycles. The second-order valence-electron chi connectivity index (χ2n) is 12.8. The predicted molar refractivity (Wildman–Crippen MR) is 182 cm³/mol. The number of carboxylic acids is 1. The summed E-state index contributed by atoms with van der Waals surface area (Å²) >= 11 is 13.0. The first-order valence-corrected chi connectivity index (χ1v) is 17.4. The summed E-state index contributed by atoms with van der Waals surface area (Å²) in [6.07, 6.45) is 2.16. The second kappa shape index (κ2) is 16.7. The third kappa shape index (κ3) is 8.74. The normalized spacial score (nSPS) is 18.4. The minimum Gasteiger partial charge on any atom is -0.545 e. The van der Waals surface area contributed by atoms with Crippen LogP contribution in [-0.4, -0.2) is 61.1 Å². The molecule has 2 bridgehead atoms. The van der Waals surface area contributed by atoms with Crippen LogP contribution in [0.5, 0.6) is 11.5 Å². The highest BCUT2D eigenvalue weighted by Crippen LogP contribution is 2.42. The van der Waals surface area contributed by atoms with Crippen LogP contribution in [0.1, 0.15) is 51.4 Å². The third-order valence-electron chi connectivity index (χ3n) is 9.58. The Morgan fingerprint density at radius 1 is 0.944 bits per heavy atom. The molecule has 2 atom stereocenters. The molecule has 0 spiro atoms. The Bertz CT molecular complexity index is 2000. The number of piperidine rings is 3. The number of benzene rings is 3. The van der Waals surface area contributed by atoms with Crippen molar-refractivity contribution >= 4 is 41.0 Å². The van der Waals surface area contributed by atoms with Crippen LogP contribution in [0.2, 0.25) is 10.0 Å². The molecule has 1 N–H and O–H groups in total. The number of alkyl halides is 4. The van der Waals surface area contributed by atoms with Gasteiger partial charge in [0.25, 0.3) is 0 Å². The van der Waals surface area contributed by atoms with E-state index in [0.29, 0.717) is 11.3 Å². The number of para-hydroxylation sites is 1. The minimum atomic E-state index is -3.47. The summed E-state index contributed by atoms with van der Waals surface area (Å²) < 4.78 is 84.6. The number of aromatic carboxylic acids is 1. The SMILES string of the molecule is O=C([O-])c1cccc(CN(C(=O)O[C@H]2CN3CCC2CC3)c2ccccc2F)c1[C@@H](Cc1c(Cl)c[n+](O)cc1Cl)c1ccc(OC(F)F)c(OC(F)F)c1. The number of rotatable bonds is 13. The maximum atomic E-state index is 15.5. The Morgan fingerprint density at radius 2 is 1.61 bits per heavy atom. The van der Waals surface area contributed by atoms with Crippen molar-refractivity contribution in [2.45, 2.75) is 51.1 Å². The molecule has 3 fully saturated rings. The van der Waals surface area contributed by atoms with Crippen molar-refractivity contribution in [3.8, 4) is 11.5 Å². The largest absolute Gasteiger partial charge is 0.545 e. The van der Waals surface area contributed by atoms with Gasteiger partial charge < -0.3 is 24.1 Å². The Hall–Kier alpha value is -4.86. The minimum absolute atomic E-state index is 0.0300. The number of hydrogen-bond acceptors (Lipinski definition) is 8. The van der Waals surface area contributed by atoms with Crippen molar-refractivity contribution in [1.29, 1.82) is 0 Å². The van der Waals surface area contributed by atoms with Crippen molar-refractivity contribution in [3.05, 3.63) is 117 Å². The summed E-state index contributed by atoms with van der Waals surface area (Å²) in [6.45, 7) is -5.12. The monoisotopic (exact) mass is 795 g/mol. The molecule has 54 heavy (non-hydrogen) atoms. The summed E-state index contributed by atoms with van der Waals surface area (Å²) in [7, 11) is 0. The third-order valence-corrected chi connectivity index (χ3v) is 10.2. The Labute approximate surface area is 315 Å². The van der Waals surface area contributed by atoms with Crippen LogP contribution in [0.3, 0.4) is 0 Å². The van der Waals surface area contributed by atoms with E-state index in [1.807, 2.05) is 0 Å². The first-order valence-electron chi connectivity index (χ1n) is 16.7. The summed E-state index contributed by atoms with van der Waals surface area (Å²) in [5, 5.41) is 22.7. The maximum absolute atomic E-state index is 15.5. The first kappa shape index (κ1) is 38.9. The molecule has 0 unspecified atom stereocenters. The quantitative estimate of drug-likeness (QED) is 0.0890. The molecule has 0 radical (unpaired) electrons. The van der Waals surface area contributed by atoms with Crippen molar-refractivity contribution < 1.29 is 60.8 Å². The fourth-order valence-electron chi connectivity index (χ4n) is 7.11. The molecule has 10 nitrogen and oxygen atoms in total. The van der Waals surface area contributed by atoms with E-state index < -0.39 is 66.7 Å². The summed E-state index contributed by atoms with van der Waals surface area (Å²) in [5.74, 6) is -5.13. The van der Waals surface area contributed by atoms with E-state index in [4.69, 9.17) is 27.9 Å². The zero-order valence-corrected chi connectivity index (χ0v) is 29.7. The zero-order valence-electron chi connectivity index (χ0n) is 28.1. The number of carbonyl (C=O) groups excluding carboxylic acids is 2. The van der Waals surface area contributed by atoms with Gasteiger partial charge in [-0.05, 0) is 79.2 Å². The Morgan fingerprint density at radius 3 is 2.22 bits per heavy atom. The van der Waals surface area contributed by atoms with E-state index in [-0.39, 0.29) is 50.3 Å². The van der Waals surface area contributed by atoms with Crippen LogP contribution in [0.15, 0.2) is 73.1 Å². The lowest BCUT2D eigenvalue weighted by molar-refractivity contribution is -0.904. The van der Waals surface area contributed by atoms with Gasteiger partial charge in [-0.15, -0.1) is 0 Å². The highest BCUT2D eigenvalue weighted by molar-refractivity contribution is 6.35. The van der Waals surface area contributed by atoms with Crippen molar-refractivity contribution in [1.82, 2.24) is 4.90 Å². The van der Waals surface area contributed by atoms with E-state index >= 15 is 4.39 Å². The average molecular weight is 797 g/mol. The number of ether oxygens (including phenoxy) is 3. The second-order valence-corrected chi connectivity index (χ2v) is 13.6. The summed E-state index contributed by atoms with van der Waals surface area (Å²) in [5.41, 5.74) is -0.324. The molecule has 3 aliphatic rings. The van der Waals surface area contributed by atoms with Crippen molar-refractivity contribution in [2.75, 3.05) is 24.5 Å². The predicted octanol–water partition coefficient (Wildman–Crippen LogP) is 6.84. The van der Waals surface area contributed by atoms with Gasteiger partial charge >= 0.3 is 19.3 Å². The van der Waals surface area contributed by atoms with E-state index in [1.165, 1.54) is 42.5 Å². The fourth-order valence-corrected chi connectivity index (χ4v) is 7.72. The molecule has 17 heteroatoms. The van der Waals surface area contributed by atoms with Gasteiger partial charge in [0.1, 0.15) is 22.0 Å². The van der Waals surface area contributed by atoms with Gasteiger partial charge in [-0.3, -0.25) is 15.0 Å². The number of pyridine rings is 1. The Kier molecular flexibility index (Phi) is 12.0. The molecule has 7 rings (SSSR count). The number of carbonyl (C=O) groups is 2. The standard InChI is InChI=1S/C37H32Cl2F5N3O7/c38-26-17-46(51)18-27(39)25(26)15-24(21-8-9-30(52-35(41)42)31(14-21)53-36(43)44)33-22(4-3-5-23(33)34(48)49)16-47(29-7-2-1-6-28(29)40)37(50)54-32-19-45-12-10-20(32)11-13-45/h1-9,14,17-18,20,24,32,35-36H,10-13,15-16,19H2,(H-,48,49,51)/t24-,32-/m0/s1. The van der Waals surface area contributed by atoms with Crippen LogP contribution in [-0.2, 0) is 17.7 Å². The first-order chi connectivity index (χ1) is 25.8. The fraction of sp³-hybridized carbons (Fsp3) is 0.324. The molecule has 4 aromatic rings. The van der Waals surface area contributed by atoms with Crippen LogP contribution in [0, 0.1) is 11.7 Å². The van der Waals surface area contributed by atoms with E-state index in [9.17, 15) is 37.5 Å². The molecule has 0 aliphatic carbocycles. The molecule has 3 saturated heterocycles. The number of fused-ring (bicyclic) bond motifs is 3. The average Bonchev–Trinajstić information content (AvgIpc) is 3.11. The maximum Gasteiger partial charge on any atom is 0.415 e. The number of anilines is 1. The molecular formula is C37H32Cl2F5N3O7. The van der Waals surface area contributed by atoms with E-state index in [0.717, 1.165) is 61.4 Å². The molecule has 1 amide bonds. The molecule has 4 heterocycles. The molecule has 0 saturated carbocycles. The number of aromatic nitrogens is 1. The topological polar surface area (TPSA) is 115 Å². The smallest absolute Gasteiger partial charge is 0.415 e. The highest BCUT2D eigenvalue weighted by atomic mass is 35.5. The summed E-state index contributed by atoms with van der Waals surface area (Å²) in [6, 6.07) is 12.6. The molecule has 3 aromatic carbocycles. The lowest BCUT2D eigenvalue weighted by atomic mass is 9.80. The number of hydrogen-bond donors (Lipinski definition) is 1. The van der Waals surface area contributed by atoms with E-state index in [1.54, 1.807) is 0 Å². The summed E-state index contributed by atoms with van der Waals surface area (Å²) in [4.78, 5) is 30.1. The number of amides is 1. The number of nitrogens with zero attached hydrogens (tertiary/aromatic N) is 3. The Balaban J connectivity index is 1.51. The van der Waals surface area contributed by atoms with Crippen LogP contribution in [0.25, 0.3) is 0 Å². The van der Waals surface area contributed by atoms with Gasteiger partial charge in [0.05, 0.1) is 18.2 Å². The lowest BCUT2D eigenvalue weighted by Crippen LogP contribution is -2.53. The van der Waals surface area contributed by atoms with Crippen molar-refractivity contribution in [2.24, 2.45) is 5.92 Å². The van der Waals surface area contributed by atoms with Crippen LogP contribution in [0.4, 0.5) is 32.4 Å². The highest BCUT2D eigenvalue weighted by Gasteiger charge is 2.38. The lowest BCUT2D eigenvalue weighted by Gasteiger charge is -2.44. The van der Waals surface area contributed by atoms with Gasteiger partial charge in [0, 0.05) is 28.3 Å².